The Morgan fingerprint density at radius 2 is 2.26 bits per heavy atom. The SMILES string of the molecule is CCCN1CCC=C(c2cccc3c2=CC(=O)N=3)C1. The average molecular weight is 254 g/mol. The van der Waals surface area contributed by atoms with Crippen molar-refractivity contribution in [3.63, 3.8) is 0 Å². The molecule has 0 bridgehead atoms. The minimum atomic E-state index is -0.135. The molecule has 0 spiro atoms. The van der Waals surface area contributed by atoms with E-state index in [1.165, 1.54) is 17.6 Å². The highest BCUT2D eigenvalue weighted by molar-refractivity contribution is 6.07. The van der Waals surface area contributed by atoms with E-state index in [4.69, 9.17) is 0 Å². The lowest BCUT2D eigenvalue weighted by atomic mass is 9.99. The van der Waals surface area contributed by atoms with Gasteiger partial charge in [0.15, 0.2) is 0 Å². The van der Waals surface area contributed by atoms with Gasteiger partial charge in [0, 0.05) is 24.4 Å². The van der Waals surface area contributed by atoms with Crippen molar-refractivity contribution in [3.8, 4) is 0 Å². The minimum Gasteiger partial charge on any atom is -0.299 e. The largest absolute Gasteiger partial charge is 0.299 e. The van der Waals surface area contributed by atoms with Crippen LogP contribution in [0.2, 0.25) is 0 Å². The maximum atomic E-state index is 11.4. The van der Waals surface area contributed by atoms with E-state index < -0.39 is 0 Å². The van der Waals surface area contributed by atoms with Crippen molar-refractivity contribution < 1.29 is 4.79 Å². The number of hydrogen-bond donors (Lipinski definition) is 0. The first-order valence-corrected chi connectivity index (χ1v) is 6.93. The van der Waals surface area contributed by atoms with Crippen LogP contribution in [0.3, 0.4) is 0 Å². The third-order valence-electron chi connectivity index (χ3n) is 3.70. The number of carbonyl (C=O) groups excluding carboxylic acids is 1. The maximum Gasteiger partial charge on any atom is 0.270 e. The summed E-state index contributed by atoms with van der Waals surface area (Å²) in [5, 5.41) is 1.81. The van der Waals surface area contributed by atoms with Crippen molar-refractivity contribution in [2.45, 2.75) is 19.8 Å². The molecule has 2 aliphatic rings. The van der Waals surface area contributed by atoms with E-state index in [1.807, 2.05) is 12.1 Å². The van der Waals surface area contributed by atoms with Gasteiger partial charge in [-0.25, -0.2) is 4.99 Å². The van der Waals surface area contributed by atoms with E-state index in [9.17, 15) is 4.79 Å². The van der Waals surface area contributed by atoms with Crippen molar-refractivity contribution in [1.29, 1.82) is 0 Å². The summed E-state index contributed by atoms with van der Waals surface area (Å²) in [6.45, 7) is 5.47. The smallest absolute Gasteiger partial charge is 0.270 e. The number of rotatable bonds is 3. The Morgan fingerprint density at radius 1 is 1.37 bits per heavy atom. The van der Waals surface area contributed by atoms with Gasteiger partial charge < -0.3 is 0 Å². The summed E-state index contributed by atoms with van der Waals surface area (Å²) in [5.74, 6) is -0.135. The Kier molecular flexibility index (Phi) is 3.30. The fourth-order valence-electron chi connectivity index (χ4n) is 2.86. The molecule has 0 N–H and O–H groups in total. The average Bonchev–Trinajstić information content (AvgIpc) is 2.79. The highest BCUT2D eigenvalue weighted by Crippen LogP contribution is 2.18. The Morgan fingerprint density at radius 3 is 3.11 bits per heavy atom. The van der Waals surface area contributed by atoms with Crippen LogP contribution < -0.4 is 10.6 Å². The Balaban J connectivity index is 1.99. The summed E-state index contributed by atoms with van der Waals surface area (Å²) in [4.78, 5) is 18.0. The van der Waals surface area contributed by atoms with Crippen molar-refractivity contribution in [1.82, 2.24) is 4.90 Å². The Bertz CT molecular complexity index is 658. The van der Waals surface area contributed by atoms with Crippen LogP contribution in [0, 0.1) is 0 Å². The van der Waals surface area contributed by atoms with Crippen LogP contribution in [-0.4, -0.2) is 30.4 Å². The van der Waals surface area contributed by atoms with Crippen molar-refractivity contribution in [2.24, 2.45) is 4.99 Å². The van der Waals surface area contributed by atoms with Gasteiger partial charge >= 0.3 is 0 Å². The van der Waals surface area contributed by atoms with E-state index in [0.29, 0.717) is 0 Å². The molecule has 2 aliphatic heterocycles. The second-order valence-corrected chi connectivity index (χ2v) is 5.13. The molecule has 0 aliphatic carbocycles. The molecule has 98 valence electrons. The molecule has 1 amide bonds. The van der Waals surface area contributed by atoms with Gasteiger partial charge in [-0.3, -0.25) is 9.69 Å². The summed E-state index contributed by atoms with van der Waals surface area (Å²) in [7, 11) is 0. The van der Waals surface area contributed by atoms with Crippen molar-refractivity contribution in [3.05, 3.63) is 40.4 Å². The number of fused-ring (bicyclic) bond motifs is 1. The zero-order valence-corrected chi connectivity index (χ0v) is 11.2. The summed E-state index contributed by atoms with van der Waals surface area (Å²) < 4.78 is 0. The van der Waals surface area contributed by atoms with Crippen LogP contribution >= 0.6 is 0 Å². The zero-order valence-electron chi connectivity index (χ0n) is 11.2. The lowest BCUT2D eigenvalue weighted by Crippen LogP contribution is -2.33. The van der Waals surface area contributed by atoms with Crippen LogP contribution in [0.4, 0.5) is 0 Å². The predicted octanol–water partition coefficient (Wildman–Crippen LogP) is 1.13. The molecule has 3 nitrogen and oxygen atoms in total. The first-order chi connectivity index (χ1) is 9.28. The van der Waals surface area contributed by atoms with Crippen LogP contribution in [0.1, 0.15) is 25.3 Å². The van der Waals surface area contributed by atoms with E-state index in [2.05, 4.69) is 29.0 Å². The molecule has 3 rings (SSSR count). The molecule has 3 heteroatoms. The molecule has 0 fully saturated rings. The van der Waals surface area contributed by atoms with Gasteiger partial charge in [0.05, 0.1) is 5.36 Å². The lowest BCUT2D eigenvalue weighted by molar-refractivity contribution is -0.112. The molecule has 0 unspecified atom stereocenters. The van der Waals surface area contributed by atoms with Crippen LogP contribution in [0.15, 0.2) is 29.3 Å². The standard InChI is InChI=1S/C16H18N2O/c1-2-8-18-9-4-5-12(11-18)13-6-3-7-15-14(13)10-16(19)17-15/h3,5-7,10H,2,4,8-9,11H2,1H3. The molecular formula is C16H18N2O. The van der Waals surface area contributed by atoms with E-state index in [1.54, 1.807) is 6.08 Å². The molecule has 19 heavy (non-hydrogen) atoms. The number of benzene rings is 1. The van der Waals surface area contributed by atoms with Gasteiger partial charge in [-0.15, -0.1) is 0 Å². The molecule has 2 heterocycles. The fraction of sp³-hybridized carbons (Fsp3) is 0.375. The Labute approximate surface area is 113 Å². The second-order valence-electron chi connectivity index (χ2n) is 5.13. The molecular weight excluding hydrogens is 236 g/mol. The molecule has 1 aromatic rings. The quantitative estimate of drug-likeness (QED) is 0.810. The van der Waals surface area contributed by atoms with Gasteiger partial charge in [-0.2, -0.15) is 0 Å². The molecule has 0 saturated heterocycles. The summed E-state index contributed by atoms with van der Waals surface area (Å²) >= 11 is 0. The van der Waals surface area contributed by atoms with Crippen molar-refractivity contribution >= 4 is 17.6 Å². The minimum absolute atomic E-state index is 0.135. The third kappa shape index (κ3) is 2.38. The zero-order chi connectivity index (χ0) is 13.2. The monoisotopic (exact) mass is 254 g/mol. The molecule has 0 atom stereocenters. The highest BCUT2D eigenvalue weighted by Gasteiger charge is 2.16. The number of nitrogens with zero attached hydrogens (tertiary/aromatic N) is 2. The normalized spacial score (nSPS) is 18.6. The van der Waals surface area contributed by atoms with E-state index in [0.717, 1.165) is 36.6 Å². The molecule has 0 radical (unpaired) electrons. The topological polar surface area (TPSA) is 32.7 Å². The van der Waals surface area contributed by atoms with Gasteiger partial charge in [0.1, 0.15) is 0 Å². The van der Waals surface area contributed by atoms with Crippen molar-refractivity contribution in [2.75, 3.05) is 19.6 Å². The predicted molar refractivity (Wildman–Crippen MR) is 76.0 cm³/mol. The lowest BCUT2D eigenvalue weighted by Gasteiger charge is -2.27. The second kappa shape index (κ2) is 5.10. The molecule has 1 aromatic carbocycles. The number of carbonyl (C=O) groups is 1. The van der Waals surface area contributed by atoms with Crippen LogP contribution in [0.5, 0.6) is 0 Å². The third-order valence-corrected chi connectivity index (χ3v) is 3.70. The van der Waals surface area contributed by atoms with Gasteiger partial charge in [0.25, 0.3) is 5.91 Å². The Hall–Kier alpha value is -1.74. The highest BCUT2D eigenvalue weighted by atomic mass is 16.1. The summed E-state index contributed by atoms with van der Waals surface area (Å²) in [6.07, 6.45) is 6.23. The van der Waals surface area contributed by atoms with Crippen LogP contribution in [0.25, 0.3) is 11.6 Å². The molecule has 0 saturated carbocycles. The van der Waals surface area contributed by atoms with E-state index in [-0.39, 0.29) is 5.91 Å². The summed E-state index contributed by atoms with van der Waals surface area (Å²) in [6, 6.07) is 6.00. The van der Waals surface area contributed by atoms with Gasteiger partial charge in [0.2, 0.25) is 0 Å². The summed E-state index contributed by atoms with van der Waals surface area (Å²) in [5.41, 5.74) is 2.51. The fourth-order valence-corrected chi connectivity index (χ4v) is 2.86. The van der Waals surface area contributed by atoms with Gasteiger partial charge in [-0.1, -0.05) is 25.1 Å². The van der Waals surface area contributed by atoms with E-state index >= 15 is 0 Å². The molecule has 0 aromatic heterocycles. The maximum absolute atomic E-state index is 11.4. The van der Waals surface area contributed by atoms with Gasteiger partial charge in [-0.05, 0) is 36.6 Å². The number of amides is 1. The number of hydrogen-bond acceptors (Lipinski definition) is 2. The van der Waals surface area contributed by atoms with Crippen LogP contribution in [-0.2, 0) is 4.79 Å². The first kappa shape index (κ1) is 12.3. The first-order valence-electron chi connectivity index (χ1n) is 6.93.